The molecular formula is C21H30N4OS. The first-order chi connectivity index (χ1) is 13.0. The van der Waals surface area contributed by atoms with Crippen molar-refractivity contribution in [2.75, 3.05) is 27.2 Å². The lowest BCUT2D eigenvalue weighted by Crippen LogP contribution is -2.40. The van der Waals surface area contributed by atoms with E-state index in [9.17, 15) is 4.79 Å². The van der Waals surface area contributed by atoms with Gasteiger partial charge in [-0.15, -0.1) is 11.3 Å². The number of rotatable bonds is 8. The van der Waals surface area contributed by atoms with Crippen LogP contribution in [-0.2, 0) is 17.6 Å². The maximum Gasteiger partial charge on any atom is 0.243 e. The number of hydrogen-bond donors (Lipinski definition) is 2. The summed E-state index contributed by atoms with van der Waals surface area (Å²) >= 11 is 1.75. The SMILES string of the molecule is CCc1ccc(C(C)NC(=NCC(=O)N(C)C)NCCc2cccs2)cc1. The fourth-order valence-electron chi connectivity index (χ4n) is 2.53. The lowest BCUT2D eigenvalue weighted by Gasteiger charge is -2.19. The molecule has 0 fully saturated rings. The molecule has 146 valence electrons. The molecular weight excluding hydrogens is 356 g/mol. The van der Waals surface area contributed by atoms with E-state index in [4.69, 9.17) is 0 Å². The zero-order chi connectivity index (χ0) is 19.6. The minimum Gasteiger partial charge on any atom is -0.356 e. The van der Waals surface area contributed by atoms with Crippen LogP contribution in [0.3, 0.4) is 0 Å². The third-order valence-corrected chi connectivity index (χ3v) is 5.29. The van der Waals surface area contributed by atoms with Crippen LogP contribution in [0.2, 0.25) is 0 Å². The summed E-state index contributed by atoms with van der Waals surface area (Å²) in [5, 5.41) is 8.85. The van der Waals surface area contributed by atoms with Gasteiger partial charge in [-0.25, -0.2) is 4.99 Å². The van der Waals surface area contributed by atoms with Crippen LogP contribution >= 0.6 is 11.3 Å². The van der Waals surface area contributed by atoms with E-state index >= 15 is 0 Å². The van der Waals surface area contributed by atoms with Gasteiger partial charge in [-0.1, -0.05) is 37.3 Å². The lowest BCUT2D eigenvalue weighted by atomic mass is 10.1. The van der Waals surface area contributed by atoms with Gasteiger partial charge < -0.3 is 15.5 Å². The zero-order valence-corrected chi connectivity index (χ0v) is 17.5. The molecule has 1 atom stereocenters. The average molecular weight is 387 g/mol. The summed E-state index contributed by atoms with van der Waals surface area (Å²) in [7, 11) is 3.49. The number of guanidine groups is 1. The smallest absolute Gasteiger partial charge is 0.243 e. The summed E-state index contributed by atoms with van der Waals surface area (Å²) in [5.74, 6) is 0.642. The number of amides is 1. The largest absolute Gasteiger partial charge is 0.356 e. The summed E-state index contributed by atoms with van der Waals surface area (Å²) in [6.07, 6.45) is 1.96. The zero-order valence-electron chi connectivity index (χ0n) is 16.7. The highest BCUT2D eigenvalue weighted by atomic mass is 32.1. The second-order valence-electron chi connectivity index (χ2n) is 6.67. The van der Waals surface area contributed by atoms with Crippen molar-refractivity contribution >= 4 is 23.2 Å². The molecule has 0 spiro atoms. The van der Waals surface area contributed by atoms with E-state index in [0.717, 1.165) is 19.4 Å². The molecule has 6 heteroatoms. The van der Waals surface area contributed by atoms with Crippen LogP contribution in [-0.4, -0.2) is 44.0 Å². The normalized spacial score (nSPS) is 12.5. The van der Waals surface area contributed by atoms with Crippen molar-refractivity contribution in [1.29, 1.82) is 0 Å². The van der Waals surface area contributed by atoms with Gasteiger partial charge in [0.1, 0.15) is 6.54 Å². The Morgan fingerprint density at radius 1 is 1.22 bits per heavy atom. The van der Waals surface area contributed by atoms with Gasteiger partial charge in [0.2, 0.25) is 5.91 Å². The fourth-order valence-corrected chi connectivity index (χ4v) is 3.24. The molecule has 1 aromatic carbocycles. The molecule has 0 bridgehead atoms. The van der Waals surface area contributed by atoms with Gasteiger partial charge in [0, 0.05) is 25.5 Å². The van der Waals surface area contributed by atoms with Crippen LogP contribution in [0.25, 0.3) is 0 Å². The predicted molar refractivity (Wildman–Crippen MR) is 114 cm³/mol. The average Bonchev–Trinajstić information content (AvgIpc) is 3.19. The molecule has 1 unspecified atom stereocenters. The van der Waals surface area contributed by atoms with E-state index < -0.39 is 0 Å². The number of thiophene rings is 1. The molecule has 0 saturated carbocycles. The van der Waals surface area contributed by atoms with E-state index in [1.807, 2.05) is 0 Å². The number of likely N-dealkylation sites (N-methyl/N-ethyl adjacent to an activating group) is 1. The second-order valence-corrected chi connectivity index (χ2v) is 7.70. The molecule has 0 aliphatic heterocycles. The second kappa shape index (κ2) is 10.7. The van der Waals surface area contributed by atoms with E-state index in [1.54, 1.807) is 30.3 Å². The van der Waals surface area contributed by atoms with Crippen molar-refractivity contribution in [3.63, 3.8) is 0 Å². The van der Waals surface area contributed by atoms with Crippen LogP contribution in [0, 0.1) is 0 Å². The molecule has 0 aliphatic rings. The molecule has 2 N–H and O–H groups in total. The predicted octanol–water partition coefficient (Wildman–Crippen LogP) is 3.24. The molecule has 0 aliphatic carbocycles. The highest BCUT2D eigenvalue weighted by molar-refractivity contribution is 7.09. The summed E-state index contributed by atoms with van der Waals surface area (Å²) in [6.45, 7) is 5.15. The highest BCUT2D eigenvalue weighted by Crippen LogP contribution is 2.14. The number of nitrogens with zero attached hydrogens (tertiary/aromatic N) is 2. The van der Waals surface area contributed by atoms with Crippen molar-refractivity contribution in [2.45, 2.75) is 32.7 Å². The van der Waals surface area contributed by atoms with Crippen LogP contribution in [0.1, 0.15) is 35.9 Å². The minimum atomic E-state index is -0.0192. The molecule has 0 saturated heterocycles. The van der Waals surface area contributed by atoms with E-state index in [0.29, 0.717) is 5.96 Å². The van der Waals surface area contributed by atoms with Gasteiger partial charge in [-0.2, -0.15) is 0 Å². The molecule has 2 rings (SSSR count). The summed E-state index contributed by atoms with van der Waals surface area (Å²) in [5.41, 5.74) is 2.52. The maximum atomic E-state index is 11.9. The number of carbonyl (C=O) groups excluding carboxylic acids is 1. The third-order valence-electron chi connectivity index (χ3n) is 4.36. The number of aryl methyl sites for hydroxylation is 1. The first-order valence-corrected chi connectivity index (χ1v) is 10.2. The molecule has 2 aromatic rings. The van der Waals surface area contributed by atoms with Gasteiger partial charge in [0.25, 0.3) is 0 Å². The summed E-state index contributed by atoms with van der Waals surface area (Å²) in [4.78, 5) is 19.3. The summed E-state index contributed by atoms with van der Waals surface area (Å²) < 4.78 is 0. The molecule has 5 nitrogen and oxygen atoms in total. The Morgan fingerprint density at radius 3 is 2.56 bits per heavy atom. The number of aliphatic imine (C=N–C) groups is 1. The Kier molecular flexibility index (Phi) is 8.33. The van der Waals surface area contributed by atoms with Crippen molar-refractivity contribution in [1.82, 2.24) is 15.5 Å². The highest BCUT2D eigenvalue weighted by Gasteiger charge is 2.10. The quantitative estimate of drug-likeness (QED) is 0.541. The van der Waals surface area contributed by atoms with Crippen molar-refractivity contribution < 1.29 is 4.79 Å². The van der Waals surface area contributed by atoms with Gasteiger partial charge >= 0.3 is 0 Å². The number of nitrogens with one attached hydrogen (secondary N) is 2. The fraction of sp³-hybridized carbons (Fsp3) is 0.429. The van der Waals surface area contributed by atoms with Crippen molar-refractivity contribution in [2.24, 2.45) is 4.99 Å². The Bertz CT molecular complexity index is 723. The Balaban J connectivity index is 2.00. The van der Waals surface area contributed by atoms with E-state index in [2.05, 4.69) is 71.3 Å². The Hall–Kier alpha value is -2.34. The van der Waals surface area contributed by atoms with Crippen molar-refractivity contribution in [3.8, 4) is 0 Å². The van der Waals surface area contributed by atoms with Crippen LogP contribution < -0.4 is 10.6 Å². The van der Waals surface area contributed by atoms with E-state index in [1.165, 1.54) is 16.0 Å². The first-order valence-electron chi connectivity index (χ1n) is 9.35. The first kappa shape index (κ1) is 21.0. The molecule has 0 radical (unpaired) electrons. The van der Waals surface area contributed by atoms with Gasteiger partial charge in [-0.3, -0.25) is 4.79 Å². The van der Waals surface area contributed by atoms with Crippen LogP contribution in [0.4, 0.5) is 0 Å². The Labute approximate surface area is 166 Å². The van der Waals surface area contributed by atoms with Crippen LogP contribution in [0.15, 0.2) is 46.8 Å². The standard InChI is InChI=1S/C21H30N4OS/c1-5-17-8-10-18(11-9-17)16(2)24-21(23-15-20(26)25(3)4)22-13-12-19-7-6-14-27-19/h6-11,14,16H,5,12-13,15H2,1-4H3,(H2,22,23,24). The lowest BCUT2D eigenvalue weighted by molar-refractivity contribution is -0.127. The van der Waals surface area contributed by atoms with Gasteiger partial charge in [0.15, 0.2) is 5.96 Å². The van der Waals surface area contributed by atoms with E-state index in [-0.39, 0.29) is 18.5 Å². The van der Waals surface area contributed by atoms with Crippen LogP contribution in [0.5, 0.6) is 0 Å². The Morgan fingerprint density at radius 2 is 1.96 bits per heavy atom. The monoisotopic (exact) mass is 386 g/mol. The topological polar surface area (TPSA) is 56.7 Å². The maximum absolute atomic E-state index is 11.9. The number of carbonyl (C=O) groups is 1. The molecule has 1 aromatic heterocycles. The third kappa shape index (κ3) is 7.06. The molecule has 1 amide bonds. The number of hydrogen-bond acceptors (Lipinski definition) is 3. The number of benzene rings is 1. The van der Waals surface area contributed by atoms with Gasteiger partial charge in [-0.05, 0) is 42.3 Å². The molecule has 1 heterocycles. The van der Waals surface area contributed by atoms with Gasteiger partial charge in [0.05, 0.1) is 6.04 Å². The molecule has 27 heavy (non-hydrogen) atoms. The van der Waals surface area contributed by atoms with Crippen molar-refractivity contribution in [3.05, 3.63) is 57.8 Å². The minimum absolute atomic E-state index is 0.0192. The summed E-state index contributed by atoms with van der Waals surface area (Å²) in [6, 6.07) is 12.9.